The van der Waals surface area contributed by atoms with Crippen molar-refractivity contribution in [1.29, 1.82) is 0 Å². The Morgan fingerprint density at radius 1 is 0.455 bits per heavy atom. The van der Waals surface area contributed by atoms with E-state index in [0.717, 1.165) is 0 Å². The van der Waals surface area contributed by atoms with Gasteiger partial charge < -0.3 is 0 Å². The molecular weight excluding hydrogens is 999 g/mol. The van der Waals surface area contributed by atoms with Crippen LogP contribution in [0, 0.1) is 13.8 Å². The molecule has 6 aromatic rings. The summed E-state index contributed by atoms with van der Waals surface area (Å²) >= 11 is -5.62. The fourth-order valence-electron chi connectivity index (χ4n) is 11.9. The van der Waals surface area contributed by atoms with Crippen LogP contribution in [0.1, 0.15) is 54.5 Å². The van der Waals surface area contributed by atoms with Crippen molar-refractivity contribution in [1.82, 2.24) is 0 Å². The van der Waals surface area contributed by atoms with Gasteiger partial charge in [0.1, 0.15) is 0 Å². The van der Waals surface area contributed by atoms with Gasteiger partial charge in [0.15, 0.2) is 0 Å². The Morgan fingerprint density at radius 2 is 0.848 bits per heavy atom. The van der Waals surface area contributed by atoms with Gasteiger partial charge in [0.2, 0.25) is 0 Å². The zero-order valence-electron chi connectivity index (χ0n) is 42.6. The van der Waals surface area contributed by atoms with E-state index in [1.54, 1.807) is 0 Å². The Labute approximate surface area is 412 Å². The van der Waals surface area contributed by atoms with Crippen molar-refractivity contribution in [2.75, 3.05) is 0 Å². The summed E-state index contributed by atoms with van der Waals surface area (Å²) in [6, 6.07) is 41.1. The van der Waals surface area contributed by atoms with E-state index < -0.39 is 58.2 Å². The number of fused-ring (bicyclic) bond motifs is 5. The molecule has 0 nitrogen and oxygen atoms in total. The summed E-state index contributed by atoms with van der Waals surface area (Å²) in [6.07, 6.45) is 5.03. The minimum absolute atomic E-state index is 0.109. The Balaban J connectivity index is 1.34. The third kappa shape index (κ3) is 7.88. The molecule has 2 atom stereocenters. The quantitative estimate of drug-likeness (QED) is 0.126. The molecule has 3 aliphatic rings. The number of aryl methyl sites for hydroxylation is 2. The van der Waals surface area contributed by atoms with Crippen LogP contribution in [-0.4, -0.2) is 41.8 Å². The van der Waals surface area contributed by atoms with Crippen molar-refractivity contribution in [3.8, 4) is 33.4 Å². The van der Waals surface area contributed by atoms with Crippen LogP contribution in [0.4, 0.5) is 0 Å². The monoisotopic (exact) mass is 1070 g/mol. The van der Waals surface area contributed by atoms with Crippen LogP contribution in [0.5, 0.6) is 0 Å². The van der Waals surface area contributed by atoms with E-state index in [2.05, 4.69) is 222 Å². The van der Waals surface area contributed by atoms with E-state index in [4.69, 9.17) is 0 Å². The molecule has 0 amide bonds. The van der Waals surface area contributed by atoms with Crippen LogP contribution in [0.2, 0.25) is 78.6 Å². The molecule has 0 bridgehead atoms. The fraction of sp³-hybridized carbons (Fsp3) is 0.310. The van der Waals surface area contributed by atoms with Crippen molar-refractivity contribution in [2.24, 2.45) is 0 Å². The molecule has 1 heterocycles. The van der Waals surface area contributed by atoms with Crippen LogP contribution in [-0.2, 0) is 16.4 Å². The topological polar surface area (TPSA) is 0 Å². The third-order valence-corrected chi connectivity index (χ3v) is 46.9. The number of hydrogen-bond donors (Lipinski definition) is 0. The Kier molecular flexibility index (Phi) is 11.9. The summed E-state index contributed by atoms with van der Waals surface area (Å²) in [7, 11) is 11.3. The molecular formula is C58H71Cl2Si5Zr. The number of allylic oxidation sites excluding steroid dienone is 2. The predicted octanol–water partition coefficient (Wildman–Crippen LogP) is 12.9. The van der Waals surface area contributed by atoms with Gasteiger partial charge in [0.25, 0.3) is 0 Å². The van der Waals surface area contributed by atoms with Gasteiger partial charge in [-0.05, 0) is 0 Å². The average molecular weight is 1070 g/mol. The number of hydrogen-bond acceptors (Lipinski definition) is 0. The summed E-state index contributed by atoms with van der Waals surface area (Å²) in [5, 5.41) is 9.12. The van der Waals surface area contributed by atoms with Crippen molar-refractivity contribution in [2.45, 2.75) is 114 Å². The number of rotatable bonds is 9. The van der Waals surface area contributed by atoms with Gasteiger partial charge in [0, 0.05) is 0 Å². The van der Waals surface area contributed by atoms with Gasteiger partial charge in [-0.3, -0.25) is 0 Å². The van der Waals surface area contributed by atoms with Crippen molar-refractivity contribution >= 4 is 105 Å². The molecule has 341 valence electrons. The zero-order valence-corrected chi connectivity index (χ0v) is 52.0. The van der Waals surface area contributed by atoms with Gasteiger partial charge in [-0.2, -0.15) is 0 Å². The van der Waals surface area contributed by atoms with E-state index in [-0.39, 0.29) is 7.25 Å². The van der Waals surface area contributed by atoms with Crippen LogP contribution in [0.25, 0.3) is 45.5 Å². The van der Waals surface area contributed by atoms with Crippen LogP contribution in [0.15, 0.2) is 114 Å². The van der Waals surface area contributed by atoms with Gasteiger partial charge in [0.05, 0.1) is 0 Å². The number of benzene rings is 6. The molecule has 9 rings (SSSR count). The molecule has 0 N–H and O–H groups in total. The fourth-order valence-corrected chi connectivity index (χ4v) is 45.7. The maximum atomic E-state index is 9.36. The Bertz CT molecular complexity index is 2870. The zero-order chi connectivity index (χ0) is 47.9. The molecule has 0 fully saturated rings. The second kappa shape index (κ2) is 16.2. The first-order chi connectivity index (χ1) is 30.6. The van der Waals surface area contributed by atoms with Gasteiger partial charge in [-0.25, -0.2) is 0 Å². The van der Waals surface area contributed by atoms with Crippen LogP contribution < -0.4 is 34.4 Å². The van der Waals surface area contributed by atoms with Crippen LogP contribution >= 0.6 is 17.0 Å². The van der Waals surface area contributed by atoms with Crippen molar-refractivity contribution < 1.29 is 16.4 Å². The van der Waals surface area contributed by atoms with E-state index in [9.17, 15) is 17.0 Å². The SMILES string of the molecule is CC1=Cc2c(ccc(C)c2-c2cc([Si](C)(C)C)cc([Si](C)(C)C)c2)[CH]1[Zr]([Cl])([Cl])([c]1cccc2c1[SiH2]c1ccccc1-2)[CH]1C(C)=Cc2c1ccc(C)c2-c1cc([Si](C)(C)C)cc([Si](C)(C)C)c1. The molecule has 2 aliphatic carbocycles. The molecule has 0 spiro atoms. The Morgan fingerprint density at radius 3 is 1.26 bits per heavy atom. The second-order valence-corrected chi connectivity index (χ2v) is 67.3. The number of halogens is 2. The predicted molar refractivity (Wildman–Crippen MR) is 309 cm³/mol. The molecule has 0 radical (unpaired) electrons. The molecule has 2 unspecified atom stereocenters. The van der Waals surface area contributed by atoms with E-state index in [1.165, 1.54) is 112 Å². The average Bonchev–Trinajstić information content (AvgIpc) is 3.89. The Hall–Kier alpha value is -2.65. The first kappa shape index (κ1) is 48.4. The molecule has 0 saturated heterocycles. The van der Waals surface area contributed by atoms with E-state index in [1.807, 2.05) is 0 Å². The summed E-state index contributed by atoms with van der Waals surface area (Å²) in [5.41, 5.74) is 18.7. The minimum atomic E-state index is -5.62. The first-order valence-corrected chi connectivity index (χ1v) is 50.1. The summed E-state index contributed by atoms with van der Waals surface area (Å²) < 4.78 is 1.08. The van der Waals surface area contributed by atoms with E-state index in [0.29, 0.717) is 0 Å². The molecule has 0 aromatic heterocycles. The molecule has 1 aliphatic heterocycles. The van der Waals surface area contributed by atoms with Crippen molar-refractivity contribution in [3.05, 3.63) is 148 Å². The summed E-state index contributed by atoms with van der Waals surface area (Å²) in [4.78, 5) is 0. The molecule has 0 saturated carbocycles. The maximum absolute atomic E-state index is 9.36. The van der Waals surface area contributed by atoms with Gasteiger partial charge in [-0.15, -0.1) is 0 Å². The molecule has 6 aromatic carbocycles. The standard InChI is InChI=1S/2C23H31Si2.C12H9Si.2ClH.Zr/c2*1-16-11-18-10-9-17(2)23(22(18)12-16)19-13-20(24(3,4)5)15-21(14-19)25(6,7)8;1-3-7-11-9(5-1)10-6-2-4-8-12(10)13-11;;;/h2*9-15H,1-8H3;1-7H,13H2;2*1H;/q;;;;;+2/p-2. The van der Waals surface area contributed by atoms with Gasteiger partial charge >= 0.3 is 416 Å². The van der Waals surface area contributed by atoms with Gasteiger partial charge in [-0.1, -0.05) is 0 Å². The second-order valence-electron chi connectivity index (χ2n) is 24.6. The summed E-state index contributed by atoms with van der Waals surface area (Å²) in [6.45, 7) is 39.3. The van der Waals surface area contributed by atoms with E-state index >= 15 is 0 Å². The first-order valence-electron chi connectivity index (χ1n) is 24.3. The van der Waals surface area contributed by atoms with Crippen LogP contribution in [0.3, 0.4) is 0 Å². The molecule has 8 heteroatoms. The normalized spacial score (nSPS) is 18.1. The molecule has 66 heavy (non-hydrogen) atoms. The third-order valence-electron chi connectivity index (χ3n) is 15.6. The summed E-state index contributed by atoms with van der Waals surface area (Å²) in [5.74, 6) is 0. The van der Waals surface area contributed by atoms with Crippen molar-refractivity contribution in [3.63, 3.8) is 0 Å².